The number of non-ortho nitro benzene ring substituents is 1. The highest BCUT2D eigenvalue weighted by atomic mass is 16.6. The lowest BCUT2D eigenvalue weighted by Crippen LogP contribution is -1.96. The van der Waals surface area contributed by atoms with Crippen molar-refractivity contribution in [2.75, 3.05) is 6.61 Å². The zero-order valence-corrected chi connectivity index (χ0v) is 8.18. The number of ether oxygens (including phenoxy) is 1. The number of nitro benzene ring substituents is 1. The van der Waals surface area contributed by atoms with Crippen molar-refractivity contribution in [3.8, 4) is 18.1 Å². The molecule has 4 nitrogen and oxygen atoms in total. The van der Waals surface area contributed by atoms with Crippen LogP contribution in [0.15, 0.2) is 24.3 Å². The Kier molecular flexibility index (Phi) is 4.17. The Morgan fingerprint density at radius 2 is 2.07 bits per heavy atom. The highest BCUT2D eigenvalue weighted by Gasteiger charge is 2.03. The van der Waals surface area contributed by atoms with E-state index in [-0.39, 0.29) is 5.69 Å². The van der Waals surface area contributed by atoms with Crippen molar-refractivity contribution in [2.24, 2.45) is 0 Å². The predicted molar refractivity (Wildman–Crippen MR) is 56.7 cm³/mol. The van der Waals surface area contributed by atoms with Crippen molar-refractivity contribution >= 4 is 5.69 Å². The molecule has 1 aromatic rings. The van der Waals surface area contributed by atoms with Gasteiger partial charge in [0.2, 0.25) is 0 Å². The molecule has 78 valence electrons. The number of nitrogens with zero attached hydrogens (tertiary/aromatic N) is 1. The molecule has 0 aliphatic heterocycles. The molecule has 1 aromatic carbocycles. The number of nitro groups is 1. The second kappa shape index (κ2) is 5.66. The lowest BCUT2D eigenvalue weighted by Gasteiger charge is -2.03. The van der Waals surface area contributed by atoms with E-state index in [9.17, 15) is 10.1 Å². The van der Waals surface area contributed by atoms with Crippen LogP contribution < -0.4 is 4.74 Å². The molecule has 0 N–H and O–H groups in total. The average Bonchev–Trinajstić information content (AvgIpc) is 2.25. The molecule has 0 saturated heterocycles. The first-order valence-corrected chi connectivity index (χ1v) is 4.55. The fourth-order valence-electron chi connectivity index (χ4n) is 1.03. The maximum absolute atomic E-state index is 10.4. The van der Waals surface area contributed by atoms with Gasteiger partial charge in [0.1, 0.15) is 5.75 Å². The van der Waals surface area contributed by atoms with Gasteiger partial charge in [-0.15, -0.1) is 12.3 Å². The van der Waals surface area contributed by atoms with E-state index in [1.165, 1.54) is 12.1 Å². The summed E-state index contributed by atoms with van der Waals surface area (Å²) >= 11 is 0. The van der Waals surface area contributed by atoms with Crippen LogP contribution in [0.4, 0.5) is 5.69 Å². The van der Waals surface area contributed by atoms with Crippen LogP contribution in [0.5, 0.6) is 5.75 Å². The van der Waals surface area contributed by atoms with Gasteiger partial charge in [-0.2, -0.15) is 0 Å². The summed E-state index contributed by atoms with van der Waals surface area (Å²) in [6.45, 7) is 0.530. The van der Waals surface area contributed by atoms with Crippen LogP contribution in [0.1, 0.15) is 12.8 Å². The quantitative estimate of drug-likeness (QED) is 0.321. The van der Waals surface area contributed by atoms with Crippen molar-refractivity contribution in [3.05, 3.63) is 34.4 Å². The number of unbranched alkanes of at least 4 members (excludes halogenated alkanes) is 1. The fraction of sp³-hybridized carbons (Fsp3) is 0.273. The zero-order valence-electron chi connectivity index (χ0n) is 8.18. The molecule has 15 heavy (non-hydrogen) atoms. The second-order valence-electron chi connectivity index (χ2n) is 2.91. The molecule has 0 saturated carbocycles. The summed E-state index contributed by atoms with van der Waals surface area (Å²) in [5, 5.41) is 10.4. The molecule has 0 spiro atoms. The van der Waals surface area contributed by atoms with E-state index < -0.39 is 4.92 Å². The third-order valence-corrected chi connectivity index (χ3v) is 1.78. The molecular formula is C11H11NO3. The first kappa shape index (κ1) is 11.1. The van der Waals surface area contributed by atoms with E-state index in [4.69, 9.17) is 11.2 Å². The SMILES string of the molecule is C#CCCCOc1ccc([N+](=O)[O-])cc1. The van der Waals surface area contributed by atoms with Gasteiger partial charge in [-0.1, -0.05) is 0 Å². The van der Waals surface area contributed by atoms with Crippen LogP contribution in [0.3, 0.4) is 0 Å². The van der Waals surface area contributed by atoms with Crippen LogP contribution in [0.25, 0.3) is 0 Å². The van der Waals surface area contributed by atoms with E-state index in [0.717, 1.165) is 6.42 Å². The lowest BCUT2D eigenvalue weighted by molar-refractivity contribution is -0.384. The Balaban J connectivity index is 2.43. The molecule has 0 aliphatic rings. The Bertz CT molecular complexity index is 364. The van der Waals surface area contributed by atoms with Gasteiger partial charge in [-0.25, -0.2) is 0 Å². The minimum atomic E-state index is -0.442. The van der Waals surface area contributed by atoms with E-state index in [2.05, 4.69) is 5.92 Å². The predicted octanol–water partition coefficient (Wildman–Crippen LogP) is 2.39. The molecule has 0 atom stereocenters. The molecular weight excluding hydrogens is 194 g/mol. The van der Waals surface area contributed by atoms with E-state index in [1.54, 1.807) is 12.1 Å². The van der Waals surface area contributed by atoms with E-state index in [0.29, 0.717) is 18.8 Å². The van der Waals surface area contributed by atoms with Crippen molar-refractivity contribution in [1.29, 1.82) is 0 Å². The zero-order chi connectivity index (χ0) is 11.1. The Morgan fingerprint density at radius 1 is 1.40 bits per heavy atom. The fourth-order valence-corrected chi connectivity index (χ4v) is 1.03. The Morgan fingerprint density at radius 3 is 2.60 bits per heavy atom. The maximum atomic E-state index is 10.4. The van der Waals surface area contributed by atoms with Gasteiger partial charge in [0.25, 0.3) is 5.69 Å². The highest BCUT2D eigenvalue weighted by molar-refractivity contribution is 5.35. The maximum Gasteiger partial charge on any atom is 0.269 e. The Labute approximate surface area is 88.0 Å². The minimum absolute atomic E-state index is 0.0611. The summed E-state index contributed by atoms with van der Waals surface area (Å²) in [4.78, 5) is 9.91. The summed E-state index contributed by atoms with van der Waals surface area (Å²) in [6, 6.07) is 5.98. The normalized spacial score (nSPS) is 9.27. The number of terminal acetylenes is 1. The highest BCUT2D eigenvalue weighted by Crippen LogP contribution is 2.17. The molecule has 0 amide bonds. The van der Waals surface area contributed by atoms with Gasteiger partial charge in [-0.3, -0.25) is 10.1 Å². The summed E-state index contributed by atoms with van der Waals surface area (Å²) in [6.07, 6.45) is 6.54. The van der Waals surface area contributed by atoms with Crippen molar-refractivity contribution < 1.29 is 9.66 Å². The molecule has 0 heterocycles. The monoisotopic (exact) mass is 205 g/mol. The first-order valence-electron chi connectivity index (χ1n) is 4.55. The van der Waals surface area contributed by atoms with Crippen LogP contribution in [-0.2, 0) is 0 Å². The van der Waals surface area contributed by atoms with Crippen LogP contribution in [-0.4, -0.2) is 11.5 Å². The number of benzene rings is 1. The molecule has 4 heteroatoms. The van der Waals surface area contributed by atoms with Gasteiger partial charge < -0.3 is 4.74 Å². The number of rotatable bonds is 5. The number of hydrogen-bond acceptors (Lipinski definition) is 3. The van der Waals surface area contributed by atoms with Gasteiger partial charge >= 0.3 is 0 Å². The molecule has 0 bridgehead atoms. The topological polar surface area (TPSA) is 52.4 Å². The molecule has 0 radical (unpaired) electrons. The van der Waals surface area contributed by atoms with Gasteiger partial charge in [-0.05, 0) is 18.6 Å². The largest absolute Gasteiger partial charge is 0.494 e. The molecule has 0 fully saturated rings. The smallest absolute Gasteiger partial charge is 0.269 e. The van der Waals surface area contributed by atoms with Crippen LogP contribution in [0, 0.1) is 22.5 Å². The molecule has 1 rings (SSSR count). The Hall–Kier alpha value is -2.02. The number of hydrogen-bond donors (Lipinski definition) is 0. The van der Waals surface area contributed by atoms with Crippen LogP contribution in [0.2, 0.25) is 0 Å². The van der Waals surface area contributed by atoms with Crippen molar-refractivity contribution in [1.82, 2.24) is 0 Å². The molecule has 0 aromatic heterocycles. The summed E-state index contributed by atoms with van der Waals surface area (Å²) in [7, 11) is 0. The summed E-state index contributed by atoms with van der Waals surface area (Å²) in [5.74, 6) is 3.13. The lowest BCUT2D eigenvalue weighted by atomic mass is 10.3. The first-order chi connectivity index (χ1) is 7.24. The average molecular weight is 205 g/mol. The third kappa shape index (κ3) is 3.69. The van der Waals surface area contributed by atoms with Crippen molar-refractivity contribution in [2.45, 2.75) is 12.8 Å². The summed E-state index contributed by atoms with van der Waals surface area (Å²) in [5.41, 5.74) is 0.0611. The van der Waals surface area contributed by atoms with E-state index >= 15 is 0 Å². The molecule has 0 unspecified atom stereocenters. The third-order valence-electron chi connectivity index (χ3n) is 1.78. The second-order valence-corrected chi connectivity index (χ2v) is 2.91. The minimum Gasteiger partial charge on any atom is -0.494 e. The standard InChI is InChI=1S/C11H11NO3/c1-2-3-4-9-15-11-7-5-10(6-8-11)12(13)14/h1,5-8H,3-4,9H2. The summed E-state index contributed by atoms with van der Waals surface area (Å²) < 4.78 is 5.32. The van der Waals surface area contributed by atoms with E-state index in [1.807, 2.05) is 0 Å². The van der Waals surface area contributed by atoms with Crippen molar-refractivity contribution in [3.63, 3.8) is 0 Å². The van der Waals surface area contributed by atoms with Gasteiger partial charge in [0.15, 0.2) is 0 Å². The van der Waals surface area contributed by atoms with Gasteiger partial charge in [0, 0.05) is 18.6 Å². The molecule has 0 aliphatic carbocycles. The van der Waals surface area contributed by atoms with Gasteiger partial charge in [0.05, 0.1) is 11.5 Å². The van der Waals surface area contributed by atoms with Crippen LogP contribution >= 0.6 is 0 Å².